The second-order valence-electron chi connectivity index (χ2n) is 5.44. The molecule has 0 aliphatic heterocycles. The molecule has 1 aliphatic rings. The largest absolute Gasteiger partial charge is 0.320 e. The summed E-state index contributed by atoms with van der Waals surface area (Å²) in [6.45, 7) is 0. The van der Waals surface area contributed by atoms with Gasteiger partial charge in [0.05, 0.1) is 6.04 Å². The lowest BCUT2D eigenvalue weighted by atomic mass is 9.79. The van der Waals surface area contributed by atoms with E-state index in [0.717, 1.165) is 5.56 Å². The van der Waals surface area contributed by atoms with Gasteiger partial charge in [-0.05, 0) is 42.0 Å². The van der Waals surface area contributed by atoms with Crippen LogP contribution in [0.15, 0.2) is 42.5 Å². The van der Waals surface area contributed by atoms with Gasteiger partial charge in [0, 0.05) is 10.6 Å². The van der Waals surface area contributed by atoms with Crippen molar-refractivity contribution in [3.63, 3.8) is 0 Å². The lowest BCUT2D eigenvalue weighted by molar-refractivity contribution is 0.419. The Labute approximate surface area is 123 Å². The monoisotopic (exact) mass is 289 g/mol. The van der Waals surface area contributed by atoms with Crippen LogP contribution in [0.25, 0.3) is 0 Å². The van der Waals surface area contributed by atoms with Crippen molar-refractivity contribution in [1.29, 1.82) is 0 Å². The molecule has 0 aromatic heterocycles. The molecule has 1 atom stereocenters. The van der Waals surface area contributed by atoms with Gasteiger partial charge in [0.15, 0.2) is 0 Å². The average molecular weight is 290 g/mol. The van der Waals surface area contributed by atoms with Crippen LogP contribution in [0.2, 0.25) is 5.02 Å². The standard InChI is InChI=1S/C17H17ClFN/c18-14-7-8-15(16(19)10-14)17(20)13-6-2-5-12(9-13)11-3-1-4-11/h2,5-11,17H,1,3-4,20H2. The van der Waals surface area contributed by atoms with Crippen molar-refractivity contribution < 1.29 is 4.39 Å². The van der Waals surface area contributed by atoms with E-state index in [1.54, 1.807) is 12.1 Å². The predicted octanol–water partition coefficient (Wildman–Crippen LogP) is 4.79. The Balaban J connectivity index is 1.91. The molecule has 0 bridgehead atoms. The second-order valence-corrected chi connectivity index (χ2v) is 5.88. The SMILES string of the molecule is NC(c1cccc(C2CCC2)c1)c1ccc(Cl)cc1F. The highest BCUT2D eigenvalue weighted by atomic mass is 35.5. The molecule has 2 aromatic rings. The highest BCUT2D eigenvalue weighted by molar-refractivity contribution is 6.30. The summed E-state index contributed by atoms with van der Waals surface area (Å²) in [7, 11) is 0. The van der Waals surface area contributed by atoms with Crippen molar-refractivity contribution in [2.75, 3.05) is 0 Å². The van der Waals surface area contributed by atoms with E-state index in [-0.39, 0.29) is 5.82 Å². The van der Waals surface area contributed by atoms with Crippen molar-refractivity contribution in [1.82, 2.24) is 0 Å². The maximum absolute atomic E-state index is 14.0. The predicted molar refractivity (Wildman–Crippen MR) is 80.5 cm³/mol. The van der Waals surface area contributed by atoms with Gasteiger partial charge in [-0.15, -0.1) is 0 Å². The first kappa shape index (κ1) is 13.6. The Kier molecular flexibility index (Phi) is 3.77. The van der Waals surface area contributed by atoms with Crippen LogP contribution < -0.4 is 5.73 Å². The molecular weight excluding hydrogens is 273 g/mol. The highest BCUT2D eigenvalue weighted by Crippen LogP contribution is 2.37. The summed E-state index contributed by atoms with van der Waals surface area (Å²) in [6, 6.07) is 12.4. The second kappa shape index (κ2) is 5.55. The number of halogens is 2. The Bertz CT molecular complexity index is 622. The fourth-order valence-corrected chi connectivity index (χ4v) is 2.84. The molecule has 2 aromatic carbocycles. The molecule has 0 radical (unpaired) electrons. The van der Waals surface area contributed by atoms with Crippen molar-refractivity contribution in [3.8, 4) is 0 Å². The van der Waals surface area contributed by atoms with Gasteiger partial charge < -0.3 is 5.73 Å². The number of nitrogens with two attached hydrogens (primary N) is 1. The van der Waals surface area contributed by atoms with Crippen LogP contribution in [0.3, 0.4) is 0 Å². The number of hydrogen-bond acceptors (Lipinski definition) is 1. The summed E-state index contributed by atoms with van der Waals surface area (Å²) in [5.74, 6) is 0.302. The zero-order valence-electron chi connectivity index (χ0n) is 11.2. The maximum Gasteiger partial charge on any atom is 0.129 e. The van der Waals surface area contributed by atoms with E-state index in [1.165, 1.54) is 30.9 Å². The molecule has 1 aliphatic carbocycles. The Morgan fingerprint density at radius 3 is 2.60 bits per heavy atom. The van der Waals surface area contributed by atoms with E-state index >= 15 is 0 Å². The van der Waals surface area contributed by atoms with Crippen LogP contribution in [0.4, 0.5) is 4.39 Å². The molecule has 1 nitrogen and oxygen atoms in total. The highest BCUT2D eigenvalue weighted by Gasteiger charge is 2.21. The number of rotatable bonds is 3. The van der Waals surface area contributed by atoms with Crippen LogP contribution in [0, 0.1) is 5.82 Å². The quantitative estimate of drug-likeness (QED) is 0.863. The number of benzene rings is 2. The van der Waals surface area contributed by atoms with Crippen LogP contribution in [0.1, 0.15) is 47.9 Å². The van der Waals surface area contributed by atoms with E-state index in [0.29, 0.717) is 16.5 Å². The first-order chi connectivity index (χ1) is 9.65. The first-order valence-corrected chi connectivity index (χ1v) is 7.33. The van der Waals surface area contributed by atoms with Gasteiger partial charge in [-0.25, -0.2) is 4.39 Å². The van der Waals surface area contributed by atoms with Crippen molar-refractivity contribution in [2.45, 2.75) is 31.2 Å². The van der Waals surface area contributed by atoms with E-state index < -0.39 is 6.04 Å². The molecule has 0 amide bonds. The average Bonchev–Trinajstić information content (AvgIpc) is 2.36. The Hall–Kier alpha value is -1.38. The summed E-state index contributed by atoms with van der Waals surface area (Å²) in [6.07, 6.45) is 3.79. The summed E-state index contributed by atoms with van der Waals surface area (Å²) in [4.78, 5) is 0. The number of hydrogen-bond donors (Lipinski definition) is 1. The normalized spacial score (nSPS) is 16.8. The minimum Gasteiger partial charge on any atom is -0.320 e. The molecular formula is C17H17ClFN. The summed E-state index contributed by atoms with van der Waals surface area (Å²) in [5.41, 5.74) is 8.97. The van der Waals surface area contributed by atoms with Crippen LogP contribution >= 0.6 is 11.6 Å². The summed E-state index contributed by atoms with van der Waals surface area (Å²) >= 11 is 5.78. The molecule has 3 rings (SSSR count). The third kappa shape index (κ3) is 2.58. The smallest absolute Gasteiger partial charge is 0.129 e. The third-order valence-electron chi connectivity index (χ3n) is 4.14. The molecule has 1 fully saturated rings. The summed E-state index contributed by atoms with van der Waals surface area (Å²) < 4.78 is 14.0. The van der Waals surface area contributed by atoms with Crippen molar-refractivity contribution in [2.24, 2.45) is 5.73 Å². The third-order valence-corrected chi connectivity index (χ3v) is 4.38. The molecule has 1 saturated carbocycles. The maximum atomic E-state index is 14.0. The molecule has 104 valence electrons. The van der Waals surface area contributed by atoms with Gasteiger partial charge in [0.1, 0.15) is 5.82 Å². The van der Waals surface area contributed by atoms with Gasteiger partial charge in [-0.3, -0.25) is 0 Å². The van der Waals surface area contributed by atoms with Crippen LogP contribution in [0.5, 0.6) is 0 Å². The van der Waals surface area contributed by atoms with E-state index in [1.807, 2.05) is 12.1 Å². The van der Waals surface area contributed by atoms with Gasteiger partial charge >= 0.3 is 0 Å². The van der Waals surface area contributed by atoms with Crippen LogP contribution in [-0.4, -0.2) is 0 Å². The first-order valence-electron chi connectivity index (χ1n) is 6.95. The Morgan fingerprint density at radius 2 is 1.95 bits per heavy atom. The van der Waals surface area contributed by atoms with Gasteiger partial charge in [0.25, 0.3) is 0 Å². The fourth-order valence-electron chi connectivity index (χ4n) is 2.68. The molecule has 1 unspecified atom stereocenters. The topological polar surface area (TPSA) is 26.0 Å². The minimum atomic E-state index is -0.452. The molecule has 0 heterocycles. The molecule has 0 saturated heterocycles. The van der Waals surface area contributed by atoms with E-state index in [2.05, 4.69) is 12.1 Å². The van der Waals surface area contributed by atoms with Crippen LogP contribution in [-0.2, 0) is 0 Å². The zero-order chi connectivity index (χ0) is 14.1. The van der Waals surface area contributed by atoms with Crippen molar-refractivity contribution in [3.05, 3.63) is 70.0 Å². The Morgan fingerprint density at radius 1 is 1.15 bits per heavy atom. The zero-order valence-corrected chi connectivity index (χ0v) is 11.9. The molecule has 2 N–H and O–H groups in total. The van der Waals surface area contributed by atoms with Crippen molar-refractivity contribution >= 4 is 11.6 Å². The molecule has 3 heteroatoms. The lowest BCUT2D eigenvalue weighted by Gasteiger charge is -2.26. The lowest BCUT2D eigenvalue weighted by Crippen LogP contribution is -2.15. The van der Waals surface area contributed by atoms with Gasteiger partial charge in [-0.1, -0.05) is 48.4 Å². The summed E-state index contributed by atoms with van der Waals surface area (Å²) in [5, 5.41) is 0.390. The van der Waals surface area contributed by atoms with E-state index in [4.69, 9.17) is 17.3 Å². The molecule has 0 spiro atoms. The van der Waals surface area contributed by atoms with E-state index in [9.17, 15) is 4.39 Å². The minimum absolute atomic E-state index is 0.348. The fraction of sp³-hybridized carbons (Fsp3) is 0.294. The van der Waals surface area contributed by atoms with Gasteiger partial charge in [0.2, 0.25) is 0 Å². The van der Waals surface area contributed by atoms with Gasteiger partial charge in [-0.2, -0.15) is 0 Å². The molecule has 20 heavy (non-hydrogen) atoms.